The van der Waals surface area contributed by atoms with Crippen LogP contribution in [0.4, 0.5) is 4.39 Å². The summed E-state index contributed by atoms with van der Waals surface area (Å²) < 4.78 is 13.6. The summed E-state index contributed by atoms with van der Waals surface area (Å²) in [6, 6.07) is 5.92. The van der Waals surface area contributed by atoms with Gasteiger partial charge in [-0.25, -0.2) is 4.39 Å². The topological polar surface area (TPSA) is 29.3 Å². The van der Waals surface area contributed by atoms with Crippen molar-refractivity contribution in [2.75, 3.05) is 13.1 Å². The second kappa shape index (κ2) is 6.68. The zero-order chi connectivity index (χ0) is 14.7. The molecule has 1 saturated heterocycles. The molecule has 0 spiro atoms. The maximum absolute atomic E-state index is 13.6. The molecule has 1 aromatic rings. The molecule has 0 bridgehead atoms. The summed E-state index contributed by atoms with van der Waals surface area (Å²) in [4.78, 5) is 2.53. The van der Waals surface area contributed by atoms with Crippen LogP contribution in [0.3, 0.4) is 0 Å². The van der Waals surface area contributed by atoms with Gasteiger partial charge in [0, 0.05) is 25.2 Å². The highest BCUT2D eigenvalue weighted by molar-refractivity contribution is 5.25. The minimum absolute atomic E-state index is 0.0745. The van der Waals surface area contributed by atoms with Gasteiger partial charge < -0.3 is 10.6 Å². The molecule has 1 aromatic carbocycles. The van der Waals surface area contributed by atoms with Crippen LogP contribution in [0.2, 0.25) is 0 Å². The molecule has 2 nitrogen and oxygen atoms in total. The summed E-state index contributed by atoms with van der Waals surface area (Å²) in [5, 5.41) is 0. The molecule has 3 atom stereocenters. The quantitative estimate of drug-likeness (QED) is 0.911. The third-order valence-corrected chi connectivity index (χ3v) is 4.60. The highest BCUT2D eigenvalue weighted by Gasteiger charge is 2.23. The first-order chi connectivity index (χ1) is 9.47. The Labute approximate surface area is 122 Å². The van der Waals surface area contributed by atoms with Crippen LogP contribution < -0.4 is 5.73 Å². The molecule has 1 heterocycles. The molecule has 2 rings (SSSR count). The Hall–Kier alpha value is -0.930. The maximum Gasteiger partial charge on any atom is 0.126 e. The van der Waals surface area contributed by atoms with E-state index in [9.17, 15) is 4.39 Å². The Bertz CT molecular complexity index is 447. The van der Waals surface area contributed by atoms with Gasteiger partial charge in [0.1, 0.15) is 5.82 Å². The van der Waals surface area contributed by atoms with Crippen molar-refractivity contribution in [2.24, 2.45) is 11.7 Å². The first-order valence-corrected chi connectivity index (χ1v) is 7.73. The maximum atomic E-state index is 13.6. The summed E-state index contributed by atoms with van der Waals surface area (Å²) in [7, 11) is 0. The molecule has 1 aliphatic rings. The van der Waals surface area contributed by atoms with E-state index in [2.05, 4.69) is 18.7 Å². The van der Waals surface area contributed by atoms with Crippen molar-refractivity contribution in [1.82, 2.24) is 4.90 Å². The van der Waals surface area contributed by atoms with E-state index in [1.807, 2.05) is 12.1 Å². The number of halogens is 1. The van der Waals surface area contributed by atoms with E-state index in [1.54, 1.807) is 13.0 Å². The highest BCUT2D eigenvalue weighted by Crippen LogP contribution is 2.23. The van der Waals surface area contributed by atoms with E-state index in [0.717, 1.165) is 31.0 Å². The third-order valence-electron chi connectivity index (χ3n) is 4.60. The fourth-order valence-electron chi connectivity index (χ4n) is 3.00. The van der Waals surface area contributed by atoms with E-state index < -0.39 is 0 Å². The van der Waals surface area contributed by atoms with Crippen LogP contribution >= 0.6 is 0 Å². The van der Waals surface area contributed by atoms with Gasteiger partial charge in [-0.15, -0.1) is 0 Å². The summed E-state index contributed by atoms with van der Waals surface area (Å²) in [6.07, 6.45) is 3.49. The lowest BCUT2D eigenvalue weighted by Crippen LogP contribution is -2.42. The molecule has 0 aliphatic carbocycles. The van der Waals surface area contributed by atoms with Crippen molar-refractivity contribution >= 4 is 0 Å². The summed E-state index contributed by atoms with van der Waals surface area (Å²) >= 11 is 0. The van der Waals surface area contributed by atoms with E-state index >= 15 is 0 Å². The van der Waals surface area contributed by atoms with Crippen LogP contribution in [0.15, 0.2) is 18.2 Å². The average Bonchev–Trinajstić information content (AvgIpc) is 2.42. The number of piperidine rings is 1. The minimum atomic E-state index is -0.155. The number of rotatable bonds is 4. The first-order valence-electron chi connectivity index (χ1n) is 7.73. The van der Waals surface area contributed by atoms with Crippen LogP contribution in [-0.4, -0.2) is 24.0 Å². The lowest BCUT2D eigenvalue weighted by Gasteiger charge is -2.37. The number of hydrogen-bond acceptors (Lipinski definition) is 2. The van der Waals surface area contributed by atoms with E-state index in [1.165, 1.54) is 12.8 Å². The fourth-order valence-corrected chi connectivity index (χ4v) is 3.00. The van der Waals surface area contributed by atoms with Crippen molar-refractivity contribution in [2.45, 2.75) is 52.1 Å². The Kier molecular flexibility index (Phi) is 5.17. The van der Waals surface area contributed by atoms with Gasteiger partial charge in [-0.3, -0.25) is 0 Å². The molecular formula is C17H27FN2. The number of hydrogen-bond donors (Lipinski definition) is 1. The first kappa shape index (κ1) is 15.5. The highest BCUT2D eigenvalue weighted by atomic mass is 19.1. The average molecular weight is 278 g/mol. The number of aryl methyl sites for hydroxylation is 1. The Balaban J connectivity index is 1.90. The van der Waals surface area contributed by atoms with E-state index in [0.29, 0.717) is 11.6 Å². The predicted octanol–water partition coefficient (Wildman–Crippen LogP) is 3.64. The number of nitrogens with zero attached hydrogens (tertiary/aromatic N) is 1. The van der Waals surface area contributed by atoms with Gasteiger partial charge in [0.25, 0.3) is 0 Å². The second-order valence-electron chi connectivity index (χ2n) is 6.43. The monoisotopic (exact) mass is 278 g/mol. The molecule has 0 amide bonds. The van der Waals surface area contributed by atoms with Crippen molar-refractivity contribution in [3.05, 3.63) is 35.1 Å². The largest absolute Gasteiger partial charge is 0.324 e. The standard InChI is InChI=1S/C17H27FN2/c1-12-4-6-14(3)20(11-12)9-8-17(19)15-7-5-13(2)16(18)10-15/h5,7,10,12,14,17H,4,6,8-9,11,19H2,1-3H3. The van der Waals surface area contributed by atoms with Gasteiger partial charge in [-0.1, -0.05) is 19.1 Å². The molecule has 0 aromatic heterocycles. The van der Waals surface area contributed by atoms with Gasteiger partial charge in [0.05, 0.1) is 0 Å². The van der Waals surface area contributed by atoms with Crippen LogP contribution in [0.1, 0.15) is 50.3 Å². The molecule has 3 heteroatoms. The van der Waals surface area contributed by atoms with E-state index in [-0.39, 0.29) is 11.9 Å². The van der Waals surface area contributed by atoms with Gasteiger partial charge >= 0.3 is 0 Å². The van der Waals surface area contributed by atoms with Crippen molar-refractivity contribution in [3.63, 3.8) is 0 Å². The second-order valence-corrected chi connectivity index (χ2v) is 6.43. The Morgan fingerprint density at radius 1 is 1.35 bits per heavy atom. The minimum Gasteiger partial charge on any atom is -0.324 e. The molecular weight excluding hydrogens is 251 g/mol. The van der Waals surface area contributed by atoms with Gasteiger partial charge in [-0.05, 0) is 56.2 Å². The van der Waals surface area contributed by atoms with Crippen molar-refractivity contribution in [3.8, 4) is 0 Å². The van der Waals surface area contributed by atoms with Crippen LogP contribution in [-0.2, 0) is 0 Å². The smallest absolute Gasteiger partial charge is 0.126 e. The Morgan fingerprint density at radius 3 is 2.80 bits per heavy atom. The molecule has 0 saturated carbocycles. The number of likely N-dealkylation sites (tertiary alicyclic amines) is 1. The lowest BCUT2D eigenvalue weighted by molar-refractivity contribution is 0.121. The number of nitrogens with two attached hydrogens (primary N) is 1. The normalized spacial score (nSPS) is 25.6. The van der Waals surface area contributed by atoms with Crippen LogP contribution in [0.5, 0.6) is 0 Å². The molecule has 0 radical (unpaired) electrons. The molecule has 3 unspecified atom stereocenters. The molecule has 1 fully saturated rings. The fraction of sp³-hybridized carbons (Fsp3) is 0.647. The number of benzene rings is 1. The van der Waals surface area contributed by atoms with Crippen LogP contribution in [0, 0.1) is 18.7 Å². The zero-order valence-electron chi connectivity index (χ0n) is 12.9. The zero-order valence-corrected chi connectivity index (χ0v) is 12.9. The molecule has 20 heavy (non-hydrogen) atoms. The summed E-state index contributed by atoms with van der Waals surface area (Å²) in [6.45, 7) is 8.55. The SMILES string of the molecule is Cc1ccc(C(N)CCN2CC(C)CCC2C)cc1F. The summed E-state index contributed by atoms with van der Waals surface area (Å²) in [5.74, 6) is 0.622. The summed E-state index contributed by atoms with van der Waals surface area (Å²) in [5.41, 5.74) is 7.81. The lowest BCUT2D eigenvalue weighted by atomic mass is 9.94. The molecule has 112 valence electrons. The van der Waals surface area contributed by atoms with Gasteiger partial charge in [0.15, 0.2) is 0 Å². The van der Waals surface area contributed by atoms with Crippen LogP contribution in [0.25, 0.3) is 0 Å². The molecule has 1 aliphatic heterocycles. The predicted molar refractivity (Wildman–Crippen MR) is 82.1 cm³/mol. The van der Waals surface area contributed by atoms with Gasteiger partial charge in [0.2, 0.25) is 0 Å². The van der Waals surface area contributed by atoms with Crippen molar-refractivity contribution < 1.29 is 4.39 Å². The van der Waals surface area contributed by atoms with Gasteiger partial charge in [-0.2, -0.15) is 0 Å². The third kappa shape index (κ3) is 3.80. The van der Waals surface area contributed by atoms with Crippen molar-refractivity contribution in [1.29, 1.82) is 0 Å². The van der Waals surface area contributed by atoms with E-state index in [4.69, 9.17) is 5.73 Å². The molecule has 2 N–H and O–H groups in total. The Morgan fingerprint density at radius 2 is 2.10 bits per heavy atom.